The molecule has 2 aromatic carbocycles. The number of aryl methyl sites for hydroxylation is 1. The van der Waals surface area contributed by atoms with Gasteiger partial charge in [0, 0.05) is 23.5 Å². The molecule has 9 nitrogen and oxygen atoms in total. The van der Waals surface area contributed by atoms with Crippen molar-refractivity contribution in [1.82, 2.24) is 14.8 Å². The number of aromatic nitrogens is 3. The van der Waals surface area contributed by atoms with Crippen LogP contribution < -0.4 is 10.1 Å². The molecule has 1 N–H and O–H groups in total. The summed E-state index contributed by atoms with van der Waals surface area (Å²) in [5, 5.41) is 22.3. The lowest BCUT2D eigenvalue weighted by Gasteiger charge is -2.09. The summed E-state index contributed by atoms with van der Waals surface area (Å²) in [6, 6.07) is 13.2. The molecule has 0 aliphatic carbocycles. The van der Waals surface area contributed by atoms with Crippen molar-refractivity contribution in [1.29, 1.82) is 0 Å². The normalized spacial score (nSPS) is 10.5. The largest absolute Gasteiger partial charge is 0.497 e. The van der Waals surface area contributed by atoms with E-state index in [1.165, 1.54) is 30.0 Å². The summed E-state index contributed by atoms with van der Waals surface area (Å²) in [5.74, 6) is 1.20. The SMILES string of the molecule is COc1ccc(-n2c(C)nnc2SCC(=O)Nc2cccc([N+](=O)[O-])c2)cc1. The van der Waals surface area contributed by atoms with Gasteiger partial charge in [0.1, 0.15) is 11.6 Å². The first-order valence-corrected chi connectivity index (χ1v) is 9.20. The van der Waals surface area contributed by atoms with Crippen LogP contribution in [0, 0.1) is 17.0 Å². The molecule has 1 aromatic heterocycles. The van der Waals surface area contributed by atoms with Crippen LogP contribution >= 0.6 is 11.8 Å². The van der Waals surface area contributed by atoms with Crippen LogP contribution in [0.15, 0.2) is 53.7 Å². The number of non-ortho nitro benzene ring substituents is 1. The summed E-state index contributed by atoms with van der Waals surface area (Å²) in [6.07, 6.45) is 0. The molecule has 0 atom stereocenters. The maximum Gasteiger partial charge on any atom is 0.271 e. The minimum Gasteiger partial charge on any atom is -0.497 e. The molecule has 0 radical (unpaired) electrons. The van der Waals surface area contributed by atoms with E-state index in [9.17, 15) is 14.9 Å². The minimum absolute atomic E-state index is 0.0803. The van der Waals surface area contributed by atoms with Gasteiger partial charge in [0.15, 0.2) is 5.16 Å². The fourth-order valence-electron chi connectivity index (χ4n) is 2.49. The van der Waals surface area contributed by atoms with Gasteiger partial charge in [-0.1, -0.05) is 17.8 Å². The zero-order valence-electron chi connectivity index (χ0n) is 15.2. The predicted octanol–water partition coefficient (Wildman–Crippen LogP) is 3.22. The highest BCUT2D eigenvalue weighted by atomic mass is 32.2. The number of nitro groups is 1. The number of nitro benzene ring substituents is 1. The highest BCUT2D eigenvalue weighted by molar-refractivity contribution is 7.99. The van der Waals surface area contributed by atoms with Crippen LogP contribution in [0.1, 0.15) is 5.82 Å². The van der Waals surface area contributed by atoms with Gasteiger partial charge in [-0.15, -0.1) is 10.2 Å². The molecular formula is C18H17N5O4S. The summed E-state index contributed by atoms with van der Waals surface area (Å²) in [4.78, 5) is 22.5. The third kappa shape index (κ3) is 4.46. The number of nitrogens with zero attached hydrogens (tertiary/aromatic N) is 4. The van der Waals surface area contributed by atoms with Crippen LogP contribution in [-0.2, 0) is 4.79 Å². The van der Waals surface area contributed by atoms with Crippen LogP contribution in [0.5, 0.6) is 5.75 Å². The van der Waals surface area contributed by atoms with E-state index in [-0.39, 0.29) is 17.3 Å². The molecule has 0 bridgehead atoms. The first kappa shape index (κ1) is 19.4. The van der Waals surface area contributed by atoms with E-state index >= 15 is 0 Å². The third-order valence-corrected chi connectivity index (χ3v) is 4.73. The van der Waals surface area contributed by atoms with E-state index in [0.29, 0.717) is 16.7 Å². The molecule has 0 saturated carbocycles. The topological polar surface area (TPSA) is 112 Å². The molecule has 0 fully saturated rings. The summed E-state index contributed by atoms with van der Waals surface area (Å²) >= 11 is 1.22. The zero-order valence-corrected chi connectivity index (χ0v) is 16.0. The molecule has 3 rings (SSSR count). The lowest BCUT2D eigenvalue weighted by molar-refractivity contribution is -0.384. The monoisotopic (exact) mass is 399 g/mol. The molecule has 28 heavy (non-hydrogen) atoms. The highest BCUT2D eigenvalue weighted by Gasteiger charge is 2.14. The third-order valence-electron chi connectivity index (χ3n) is 3.80. The second-order valence-electron chi connectivity index (χ2n) is 5.71. The molecule has 144 valence electrons. The zero-order chi connectivity index (χ0) is 20.1. The van der Waals surface area contributed by atoms with Crippen LogP contribution in [0.25, 0.3) is 5.69 Å². The Bertz CT molecular complexity index is 1000. The van der Waals surface area contributed by atoms with E-state index in [1.807, 2.05) is 35.8 Å². The molecular weight excluding hydrogens is 382 g/mol. The molecule has 1 heterocycles. The van der Waals surface area contributed by atoms with Crippen LogP contribution in [0.3, 0.4) is 0 Å². The molecule has 0 saturated heterocycles. The molecule has 3 aromatic rings. The van der Waals surface area contributed by atoms with Crippen LogP contribution in [0.4, 0.5) is 11.4 Å². The number of rotatable bonds is 7. The lowest BCUT2D eigenvalue weighted by atomic mass is 10.3. The van der Waals surface area contributed by atoms with E-state index in [2.05, 4.69) is 15.5 Å². The van der Waals surface area contributed by atoms with Gasteiger partial charge in [0.25, 0.3) is 5.69 Å². The Hall–Kier alpha value is -3.40. The molecule has 0 unspecified atom stereocenters. The Labute approximate surface area is 164 Å². The second-order valence-corrected chi connectivity index (χ2v) is 6.65. The summed E-state index contributed by atoms with van der Waals surface area (Å²) in [7, 11) is 1.60. The van der Waals surface area contributed by atoms with Gasteiger partial charge in [0.05, 0.1) is 17.8 Å². The van der Waals surface area contributed by atoms with Crippen molar-refractivity contribution in [3.8, 4) is 11.4 Å². The van der Waals surface area contributed by atoms with E-state index in [1.54, 1.807) is 13.2 Å². The molecule has 0 spiro atoms. The van der Waals surface area contributed by atoms with Gasteiger partial charge >= 0.3 is 0 Å². The van der Waals surface area contributed by atoms with E-state index in [0.717, 1.165) is 11.4 Å². The number of hydrogen-bond acceptors (Lipinski definition) is 7. The number of amides is 1. The number of benzene rings is 2. The number of hydrogen-bond donors (Lipinski definition) is 1. The first-order valence-electron chi connectivity index (χ1n) is 8.21. The Morgan fingerprint density at radius 2 is 2.00 bits per heavy atom. The Kier molecular flexibility index (Phi) is 5.90. The predicted molar refractivity (Wildman–Crippen MR) is 105 cm³/mol. The molecule has 0 aliphatic heterocycles. The number of thioether (sulfide) groups is 1. The number of carbonyl (C=O) groups is 1. The van der Waals surface area contributed by atoms with Gasteiger partial charge in [-0.05, 0) is 37.3 Å². The van der Waals surface area contributed by atoms with Gasteiger partial charge < -0.3 is 10.1 Å². The van der Waals surface area contributed by atoms with Crippen LogP contribution in [0.2, 0.25) is 0 Å². The highest BCUT2D eigenvalue weighted by Crippen LogP contribution is 2.24. The lowest BCUT2D eigenvalue weighted by Crippen LogP contribution is -2.14. The maximum absolute atomic E-state index is 12.2. The van der Waals surface area contributed by atoms with Gasteiger partial charge in [-0.2, -0.15) is 0 Å². The fourth-order valence-corrected chi connectivity index (χ4v) is 3.29. The summed E-state index contributed by atoms with van der Waals surface area (Å²) < 4.78 is 7.00. The Balaban J connectivity index is 1.68. The molecule has 1 amide bonds. The Morgan fingerprint density at radius 3 is 2.68 bits per heavy atom. The number of methoxy groups -OCH3 is 1. The van der Waals surface area contributed by atoms with Gasteiger partial charge in [0.2, 0.25) is 5.91 Å². The average molecular weight is 399 g/mol. The van der Waals surface area contributed by atoms with Gasteiger partial charge in [-0.25, -0.2) is 0 Å². The smallest absolute Gasteiger partial charge is 0.271 e. The van der Waals surface area contributed by atoms with Crippen LogP contribution in [-0.4, -0.2) is 38.5 Å². The first-order chi connectivity index (χ1) is 13.5. The van der Waals surface area contributed by atoms with Crippen molar-refractivity contribution >= 4 is 29.0 Å². The number of carbonyl (C=O) groups excluding carboxylic acids is 1. The van der Waals surface area contributed by atoms with E-state index in [4.69, 9.17) is 4.74 Å². The summed E-state index contributed by atoms with van der Waals surface area (Å²) in [5.41, 5.74) is 1.14. The Morgan fingerprint density at radius 1 is 1.25 bits per heavy atom. The standard InChI is InChI=1S/C18H17N5O4S/c1-12-20-21-18(22(12)14-6-8-16(27-2)9-7-14)28-11-17(24)19-13-4-3-5-15(10-13)23(25)26/h3-10H,11H2,1-2H3,(H,19,24). The molecule has 0 aliphatic rings. The van der Waals surface area contributed by atoms with Gasteiger partial charge in [-0.3, -0.25) is 19.5 Å². The van der Waals surface area contributed by atoms with Crippen molar-refractivity contribution in [2.24, 2.45) is 0 Å². The van der Waals surface area contributed by atoms with Crippen molar-refractivity contribution in [2.45, 2.75) is 12.1 Å². The number of ether oxygens (including phenoxy) is 1. The number of anilines is 1. The van der Waals surface area contributed by atoms with Crippen molar-refractivity contribution in [2.75, 3.05) is 18.2 Å². The van der Waals surface area contributed by atoms with E-state index < -0.39 is 4.92 Å². The van der Waals surface area contributed by atoms with Crippen molar-refractivity contribution < 1.29 is 14.5 Å². The number of nitrogens with one attached hydrogen (secondary N) is 1. The fraction of sp³-hybridized carbons (Fsp3) is 0.167. The summed E-state index contributed by atoms with van der Waals surface area (Å²) in [6.45, 7) is 1.82. The minimum atomic E-state index is -0.509. The average Bonchev–Trinajstić information content (AvgIpc) is 3.07. The molecule has 10 heteroatoms. The van der Waals surface area contributed by atoms with Crippen molar-refractivity contribution in [3.05, 3.63) is 64.5 Å². The quantitative estimate of drug-likeness (QED) is 0.369. The van der Waals surface area contributed by atoms with Crippen molar-refractivity contribution in [3.63, 3.8) is 0 Å². The second kappa shape index (κ2) is 8.53. The maximum atomic E-state index is 12.2.